The first-order chi connectivity index (χ1) is 10.3. The molecule has 150 valence electrons. The van der Waals surface area contributed by atoms with Crippen molar-refractivity contribution in [2.45, 2.75) is 117 Å². The van der Waals surface area contributed by atoms with Crippen LogP contribution in [0.1, 0.15) is 117 Å². The van der Waals surface area contributed by atoms with Crippen molar-refractivity contribution >= 4 is 0 Å². The first-order valence-corrected chi connectivity index (χ1v) is 10.3. The van der Waals surface area contributed by atoms with Crippen molar-refractivity contribution in [3.8, 4) is 0 Å². The summed E-state index contributed by atoms with van der Waals surface area (Å²) in [4.78, 5) is 0. The van der Waals surface area contributed by atoms with Gasteiger partial charge in [-0.05, 0) is 39.9 Å². The molecule has 0 aromatic heterocycles. The van der Waals surface area contributed by atoms with Gasteiger partial charge in [0.2, 0.25) is 0 Å². The molecule has 0 fully saturated rings. The highest BCUT2D eigenvalue weighted by Gasteiger charge is 2.26. The first-order valence-electron chi connectivity index (χ1n) is 10.3. The largest absolute Gasteiger partial charge is 0.0649 e. The van der Waals surface area contributed by atoms with Gasteiger partial charge in [0.25, 0.3) is 0 Å². The number of hydrogen-bond acceptors (Lipinski definition) is 0. The van der Waals surface area contributed by atoms with E-state index < -0.39 is 0 Å². The second-order valence-corrected chi connectivity index (χ2v) is 11.3. The summed E-state index contributed by atoms with van der Waals surface area (Å²) in [6, 6.07) is 0. The summed E-state index contributed by atoms with van der Waals surface area (Å²) in [6.07, 6.45) is 1.28. The lowest BCUT2D eigenvalue weighted by atomic mass is 9.71. The highest BCUT2D eigenvalue weighted by atomic mass is 14.3. The summed E-state index contributed by atoms with van der Waals surface area (Å²) in [7, 11) is 0. The van der Waals surface area contributed by atoms with E-state index in [0.29, 0.717) is 16.2 Å². The van der Waals surface area contributed by atoms with Crippen molar-refractivity contribution in [2.75, 3.05) is 0 Å². The minimum absolute atomic E-state index is 0.437. The Kier molecular flexibility index (Phi) is 13.9. The fourth-order valence-corrected chi connectivity index (χ4v) is 1.18. The number of hydrogen-bond donors (Lipinski definition) is 0. The van der Waals surface area contributed by atoms with Gasteiger partial charge in [-0.2, -0.15) is 0 Å². The molecule has 0 aliphatic rings. The van der Waals surface area contributed by atoms with Crippen LogP contribution < -0.4 is 0 Å². The Morgan fingerprint density at radius 2 is 0.792 bits per heavy atom. The van der Waals surface area contributed by atoms with Crippen LogP contribution in [-0.2, 0) is 0 Å². The SMILES string of the molecule is CC(C)(C)C(C)(C)C.CC(C)C(C)C(C)C.CCC(C)(C)C(C)C. The highest BCUT2D eigenvalue weighted by Crippen LogP contribution is 2.36. The van der Waals surface area contributed by atoms with Crippen molar-refractivity contribution in [1.82, 2.24) is 0 Å². The summed E-state index contributed by atoms with van der Waals surface area (Å²) in [5.74, 6) is 3.37. The topological polar surface area (TPSA) is 0 Å². The summed E-state index contributed by atoms with van der Waals surface area (Å²) < 4.78 is 0. The molecule has 0 heterocycles. The van der Waals surface area contributed by atoms with Crippen LogP contribution in [0.2, 0.25) is 0 Å². The fourth-order valence-electron chi connectivity index (χ4n) is 1.18. The van der Waals surface area contributed by atoms with Crippen LogP contribution in [0.15, 0.2) is 0 Å². The molecule has 0 aromatic carbocycles. The summed E-state index contributed by atoms with van der Waals surface area (Å²) in [5.41, 5.74) is 1.42. The lowest BCUT2D eigenvalue weighted by Gasteiger charge is -2.34. The van der Waals surface area contributed by atoms with E-state index in [2.05, 4.69) is 111 Å². The van der Waals surface area contributed by atoms with Crippen LogP contribution in [-0.4, -0.2) is 0 Å². The van der Waals surface area contributed by atoms with E-state index in [-0.39, 0.29) is 0 Å². The zero-order valence-electron chi connectivity index (χ0n) is 20.5. The molecule has 0 amide bonds. The van der Waals surface area contributed by atoms with Crippen LogP contribution in [0.5, 0.6) is 0 Å². The molecule has 0 unspecified atom stereocenters. The predicted octanol–water partition coefficient (Wildman–Crippen LogP) is 9.09. The van der Waals surface area contributed by atoms with Gasteiger partial charge in [0, 0.05) is 0 Å². The van der Waals surface area contributed by atoms with Gasteiger partial charge in [-0.25, -0.2) is 0 Å². The fraction of sp³-hybridized carbons (Fsp3) is 1.00. The average Bonchev–Trinajstić information content (AvgIpc) is 2.36. The monoisotopic (exact) mass is 342 g/mol. The normalized spacial score (nSPS) is 13.0. The van der Waals surface area contributed by atoms with Crippen molar-refractivity contribution in [2.24, 2.45) is 39.9 Å². The van der Waals surface area contributed by atoms with E-state index in [4.69, 9.17) is 0 Å². The van der Waals surface area contributed by atoms with Gasteiger partial charge in [0.05, 0.1) is 0 Å². The molecule has 0 atom stereocenters. The Balaban J connectivity index is -0.000000276. The zero-order valence-corrected chi connectivity index (χ0v) is 20.5. The van der Waals surface area contributed by atoms with E-state index in [1.54, 1.807) is 0 Å². The van der Waals surface area contributed by atoms with Crippen LogP contribution in [0.25, 0.3) is 0 Å². The summed E-state index contributed by atoms with van der Waals surface area (Å²) in [5, 5.41) is 0. The molecule has 0 heteroatoms. The maximum absolute atomic E-state index is 2.32. The molecule has 0 radical (unpaired) electrons. The van der Waals surface area contributed by atoms with Gasteiger partial charge >= 0.3 is 0 Å². The molecule has 0 saturated heterocycles. The number of rotatable bonds is 4. The quantitative estimate of drug-likeness (QED) is 0.477. The van der Waals surface area contributed by atoms with E-state index in [1.807, 2.05) is 0 Å². The zero-order chi connectivity index (χ0) is 20.5. The lowest BCUT2D eigenvalue weighted by Crippen LogP contribution is -2.25. The van der Waals surface area contributed by atoms with Gasteiger partial charge in [-0.3, -0.25) is 0 Å². The van der Waals surface area contributed by atoms with Crippen molar-refractivity contribution < 1.29 is 0 Å². The Morgan fingerprint density at radius 1 is 0.542 bits per heavy atom. The van der Waals surface area contributed by atoms with Crippen LogP contribution in [0.4, 0.5) is 0 Å². The molecule has 0 aliphatic carbocycles. The van der Waals surface area contributed by atoms with Crippen molar-refractivity contribution in [3.05, 3.63) is 0 Å². The Hall–Kier alpha value is 0. The van der Waals surface area contributed by atoms with Crippen molar-refractivity contribution in [1.29, 1.82) is 0 Å². The van der Waals surface area contributed by atoms with Gasteiger partial charge < -0.3 is 0 Å². The summed E-state index contributed by atoms with van der Waals surface area (Å²) in [6.45, 7) is 36.5. The molecule has 0 saturated carbocycles. The maximum Gasteiger partial charge on any atom is -0.0334 e. The maximum atomic E-state index is 2.32. The van der Waals surface area contributed by atoms with Crippen LogP contribution in [0.3, 0.4) is 0 Å². The van der Waals surface area contributed by atoms with Gasteiger partial charge in [-0.15, -0.1) is 0 Å². The molecule has 0 spiro atoms. The minimum atomic E-state index is 0.437. The van der Waals surface area contributed by atoms with E-state index in [0.717, 1.165) is 23.7 Å². The smallest absolute Gasteiger partial charge is 0.0334 e. The first kappa shape index (κ1) is 28.8. The molecule has 0 bridgehead atoms. The van der Waals surface area contributed by atoms with E-state index >= 15 is 0 Å². The van der Waals surface area contributed by atoms with E-state index in [9.17, 15) is 0 Å². The molecule has 24 heavy (non-hydrogen) atoms. The van der Waals surface area contributed by atoms with Crippen molar-refractivity contribution in [3.63, 3.8) is 0 Å². The molecular weight excluding hydrogens is 288 g/mol. The van der Waals surface area contributed by atoms with Gasteiger partial charge in [0.1, 0.15) is 0 Å². The summed E-state index contributed by atoms with van der Waals surface area (Å²) >= 11 is 0. The second kappa shape index (κ2) is 11.6. The van der Waals surface area contributed by atoms with Crippen LogP contribution in [0, 0.1) is 39.9 Å². The standard InChI is InChI=1S/3C8H18/c1-7(2,3)8(4,5)6;1-6-8(4,5)7(2)3;1-6(2)8(5)7(3)4/h1-6H3;7H,6H2,1-5H3;6-8H,1-5H3. The molecule has 0 aliphatic heterocycles. The third-order valence-corrected chi connectivity index (χ3v) is 6.83. The second-order valence-electron chi connectivity index (χ2n) is 11.3. The molecular formula is C24H54. The third-order valence-electron chi connectivity index (χ3n) is 6.83. The highest BCUT2D eigenvalue weighted by molar-refractivity contribution is 4.77. The third kappa shape index (κ3) is 14.4. The Bertz CT molecular complexity index is 254. The molecule has 0 aromatic rings. The predicted molar refractivity (Wildman–Crippen MR) is 117 cm³/mol. The minimum Gasteiger partial charge on any atom is -0.0649 e. The molecule has 0 nitrogen and oxygen atoms in total. The Labute approximate surface area is 157 Å². The van der Waals surface area contributed by atoms with E-state index in [1.165, 1.54) is 6.42 Å². The average molecular weight is 343 g/mol. The lowest BCUT2D eigenvalue weighted by molar-refractivity contribution is 0.157. The molecule has 0 rings (SSSR count). The van der Waals surface area contributed by atoms with Crippen LogP contribution >= 0.6 is 0 Å². The Morgan fingerprint density at radius 3 is 0.792 bits per heavy atom. The molecule has 0 N–H and O–H groups in total. The van der Waals surface area contributed by atoms with Gasteiger partial charge in [0.15, 0.2) is 0 Å². The van der Waals surface area contributed by atoms with Gasteiger partial charge in [-0.1, -0.05) is 117 Å².